The van der Waals surface area contributed by atoms with Gasteiger partial charge in [0.1, 0.15) is 17.7 Å². The first kappa shape index (κ1) is 13.8. The lowest BCUT2D eigenvalue weighted by atomic mass is 9.96. The van der Waals surface area contributed by atoms with Crippen LogP contribution in [0.25, 0.3) is 0 Å². The number of carbonyl (C=O) groups excluding carboxylic acids is 1. The minimum atomic E-state index is -0.403. The number of Topliss-reactive ketones (excluding diaryl/α,β-unsaturated/α-hetero) is 1. The summed E-state index contributed by atoms with van der Waals surface area (Å²) in [5.74, 6) is 0.253. The molecular formula is C15H9Br2FO2. The Hall–Kier alpha value is -1.20. The van der Waals surface area contributed by atoms with Gasteiger partial charge in [0.2, 0.25) is 0 Å². The summed E-state index contributed by atoms with van der Waals surface area (Å²) in [4.78, 5) is 12.2. The van der Waals surface area contributed by atoms with Gasteiger partial charge in [0, 0.05) is 14.5 Å². The Morgan fingerprint density at radius 3 is 2.70 bits per heavy atom. The van der Waals surface area contributed by atoms with Gasteiger partial charge in [-0.25, -0.2) is 4.39 Å². The first-order valence-electron chi connectivity index (χ1n) is 5.99. The van der Waals surface area contributed by atoms with Gasteiger partial charge in [-0.1, -0.05) is 37.9 Å². The van der Waals surface area contributed by atoms with Crippen LogP contribution in [-0.2, 0) is 0 Å². The van der Waals surface area contributed by atoms with Crippen molar-refractivity contribution in [1.29, 1.82) is 0 Å². The maximum atomic E-state index is 13.1. The summed E-state index contributed by atoms with van der Waals surface area (Å²) < 4.78 is 20.5. The van der Waals surface area contributed by atoms with Gasteiger partial charge in [-0.05, 0) is 30.3 Å². The second-order valence-electron chi connectivity index (χ2n) is 4.54. The lowest BCUT2D eigenvalue weighted by Gasteiger charge is -2.26. The molecule has 0 aliphatic carbocycles. The molecule has 1 heterocycles. The molecule has 0 radical (unpaired) electrons. The first-order chi connectivity index (χ1) is 9.54. The van der Waals surface area contributed by atoms with Crippen LogP contribution in [0.4, 0.5) is 4.39 Å². The van der Waals surface area contributed by atoms with Crippen LogP contribution in [0, 0.1) is 5.82 Å². The van der Waals surface area contributed by atoms with Gasteiger partial charge in [-0.3, -0.25) is 4.79 Å². The van der Waals surface area contributed by atoms with E-state index in [2.05, 4.69) is 31.9 Å². The van der Waals surface area contributed by atoms with Gasteiger partial charge >= 0.3 is 0 Å². The van der Waals surface area contributed by atoms with Crippen molar-refractivity contribution in [2.75, 3.05) is 0 Å². The predicted octanol–water partition coefficient (Wildman–Crippen LogP) is 5.06. The molecule has 20 heavy (non-hydrogen) atoms. The van der Waals surface area contributed by atoms with Crippen molar-refractivity contribution in [1.82, 2.24) is 0 Å². The van der Waals surface area contributed by atoms with E-state index in [1.165, 1.54) is 12.1 Å². The summed E-state index contributed by atoms with van der Waals surface area (Å²) in [5, 5.41) is 0. The minimum absolute atomic E-state index is 0.0278. The SMILES string of the molecule is O=C1CC(c2ccc(F)cc2Br)Oc2cc(Br)ccc21. The molecule has 2 nitrogen and oxygen atoms in total. The van der Waals surface area contributed by atoms with Crippen molar-refractivity contribution < 1.29 is 13.9 Å². The molecule has 102 valence electrons. The topological polar surface area (TPSA) is 26.3 Å². The third-order valence-corrected chi connectivity index (χ3v) is 4.37. The third kappa shape index (κ3) is 2.52. The van der Waals surface area contributed by atoms with Gasteiger partial charge in [-0.2, -0.15) is 0 Å². The first-order valence-corrected chi connectivity index (χ1v) is 7.57. The van der Waals surface area contributed by atoms with Crippen molar-refractivity contribution in [2.24, 2.45) is 0 Å². The molecule has 3 rings (SSSR count). The number of ketones is 1. The highest BCUT2D eigenvalue weighted by molar-refractivity contribution is 9.10. The Bertz CT molecular complexity index is 700. The van der Waals surface area contributed by atoms with Crippen LogP contribution >= 0.6 is 31.9 Å². The Morgan fingerprint density at radius 2 is 1.95 bits per heavy atom. The summed E-state index contributed by atoms with van der Waals surface area (Å²) in [6.45, 7) is 0. The molecule has 0 saturated heterocycles. The van der Waals surface area contributed by atoms with E-state index in [1.54, 1.807) is 18.2 Å². The van der Waals surface area contributed by atoms with E-state index < -0.39 is 6.10 Å². The van der Waals surface area contributed by atoms with E-state index in [1.807, 2.05) is 6.07 Å². The van der Waals surface area contributed by atoms with Gasteiger partial charge in [0.05, 0.1) is 12.0 Å². The molecule has 0 bridgehead atoms. The maximum absolute atomic E-state index is 13.1. The van der Waals surface area contributed by atoms with Crippen LogP contribution in [0.1, 0.15) is 28.4 Å². The predicted molar refractivity (Wildman–Crippen MR) is 80.6 cm³/mol. The fraction of sp³-hybridized carbons (Fsp3) is 0.133. The number of rotatable bonds is 1. The van der Waals surface area contributed by atoms with E-state index >= 15 is 0 Å². The molecule has 2 aromatic rings. The van der Waals surface area contributed by atoms with Crippen LogP contribution in [0.5, 0.6) is 5.75 Å². The fourth-order valence-electron chi connectivity index (χ4n) is 2.23. The second-order valence-corrected chi connectivity index (χ2v) is 6.31. The normalized spacial score (nSPS) is 17.6. The van der Waals surface area contributed by atoms with Gasteiger partial charge in [0.15, 0.2) is 5.78 Å². The Kier molecular flexibility index (Phi) is 3.65. The summed E-state index contributed by atoms with van der Waals surface area (Å²) in [6, 6.07) is 9.72. The smallest absolute Gasteiger partial charge is 0.170 e. The van der Waals surface area contributed by atoms with Gasteiger partial charge in [0.25, 0.3) is 0 Å². The summed E-state index contributed by atoms with van der Waals surface area (Å²) in [5.41, 5.74) is 1.35. The largest absolute Gasteiger partial charge is 0.484 e. The number of hydrogen-bond donors (Lipinski definition) is 0. The number of ether oxygens (including phenoxy) is 1. The monoisotopic (exact) mass is 398 g/mol. The minimum Gasteiger partial charge on any atom is -0.484 e. The molecule has 1 aliphatic heterocycles. The van der Waals surface area contributed by atoms with Crippen molar-refractivity contribution >= 4 is 37.6 Å². The molecule has 0 N–H and O–H groups in total. The van der Waals surface area contributed by atoms with E-state index in [9.17, 15) is 9.18 Å². The zero-order valence-electron chi connectivity index (χ0n) is 10.2. The Balaban J connectivity index is 2.00. The summed E-state index contributed by atoms with van der Waals surface area (Å²) in [7, 11) is 0. The van der Waals surface area contributed by atoms with Gasteiger partial charge < -0.3 is 4.74 Å². The number of hydrogen-bond acceptors (Lipinski definition) is 2. The fourth-order valence-corrected chi connectivity index (χ4v) is 3.18. The van der Waals surface area contributed by atoms with Gasteiger partial charge in [-0.15, -0.1) is 0 Å². The standard InChI is InChI=1S/C15H9Br2FO2/c16-8-1-3-11-13(19)7-15(20-14(11)5-8)10-4-2-9(18)6-12(10)17/h1-6,15H,7H2. The lowest BCUT2D eigenvalue weighted by molar-refractivity contribution is 0.0849. The van der Waals surface area contributed by atoms with Crippen molar-refractivity contribution in [2.45, 2.75) is 12.5 Å². The quantitative estimate of drug-likeness (QED) is 0.670. The molecule has 0 saturated carbocycles. The van der Waals surface area contributed by atoms with E-state index in [0.717, 1.165) is 10.0 Å². The molecule has 2 aromatic carbocycles. The third-order valence-electron chi connectivity index (χ3n) is 3.19. The summed E-state index contributed by atoms with van der Waals surface area (Å²) in [6.07, 6.45) is -0.155. The zero-order chi connectivity index (χ0) is 14.3. The lowest BCUT2D eigenvalue weighted by Crippen LogP contribution is -2.20. The van der Waals surface area contributed by atoms with E-state index in [4.69, 9.17) is 4.74 Å². The molecule has 0 fully saturated rings. The molecule has 0 amide bonds. The van der Waals surface area contributed by atoms with Crippen LogP contribution in [0.3, 0.4) is 0 Å². The average molecular weight is 400 g/mol. The second kappa shape index (κ2) is 5.30. The Labute approximate surface area is 132 Å². The highest BCUT2D eigenvalue weighted by Crippen LogP contribution is 2.38. The number of carbonyl (C=O) groups is 1. The number of fused-ring (bicyclic) bond motifs is 1. The average Bonchev–Trinajstić information content (AvgIpc) is 2.37. The molecular weight excluding hydrogens is 391 g/mol. The molecule has 0 spiro atoms. The highest BCUT2D eigenvalue weighted by Gasteiger charge is 2.28. The summed E-state index contributed by atoms with van der Waals surface area (Å²) >= 11 is 6.68. The maximum Gasteiger partial charge on any atom is 0.170 e. The molecule has 1 unspecified atom stereocenters. The van der Waals surface area contributed by atoms with Crippen LogP contribution < -0.4 is 4.74 Å². The number of benzene rings is 2. The molecule has 0 aromatic heterocycles. The van der Waals surface area contributed by atoms with Crippen molar-refractivity contribution in [3.05, 3.63) is 62.3 Å². The van der Waals surface area contributed by atoms with E-state index in [-0.39, 0.29) is 18.0 Å². The van der Waals surface area contributed by atoms with E-state index in [0.29, 0.717) is 15.8 Å². The highest BCUT2D eigenvalue weighted by atomic mass is 79.9. The molecule has 5 heteroatoms. The Morgan fingerprint density at radius 1 is 1.15 bits per heavy atom. The zero-order valence-corrected chi connectivity index (χ0v) is 13.4. The van der Waals surface area contributed by atoms with Crippen molar-refractivity contribution in [3.63, 3.8) is 0 Å². The van der Waals surface area contributed by atoms with Crippen LogP contribution in [0.15, 0.2) is 45.3 Å². The number of halogens is 3. The molecule has 1 aliphatic rings. The molecule has 1 atom stereocenters. The van der Waals surface area contributed by atoms with Crippen LogP contribution in [0.2, 0.25) is 0 Å². The van der Waals surface area contributed by atoms with Crippen LogP contribution in [-0.4, -0.2) is 5.78 Å². The van der Waals surface area contributed by atoms with Crippen molar-refractivity contribution in [3.8, 4) is 5.75 Å².